The van der Waals surface area contributed by atoms with E-state index >= 15 is 0 Å². The van der Waals surface area contributed by atoms with Crippen LogP contribution in [-0.2, 0) is 19.9 Å². The molecule has 3 aromatic rings. The molecule has 0 spiro atoms. The summed E-state index contributed by atoms with van der Waals surface area (Å²) < 4.78 is 14.9. The highest BCUT2D eigenvalue weighted by Crippen LogP contribution is 2.33. The molecule has 0 saturated carbocycles. The average molecular weight is 401 g/mol. The van der Waals surface area contributed by atoms with Gasteiger partial charge in [0.05, 0.1) is 16.8 Å². The van der Waals surface area contributed by atoms with Gasteiger partial charge in [0.1, 0.15) is 5.82 Å². The monoisotopic (exact) mass is 400 g/mol. The summed E-state index contributed by atoms with van der Waals surface area (Å²) in [5, 5.41) is 7.36. The molecular formula is C21H25FN4OS. The topological polar surface area (TPSA) is 72.9 Å². The third-order valence-electron chi connectivity index (χ3n) is 4.81. The van der Waals surface area contributed by atoms with E-state index in [4.69, 9.17) is 5.73 Å². The van der Waals surface area contributed by atoms with E-state index in [1.165, 1.54) is 23.5 Å². The van der Waals surface area contributed by atoms with Crippen molar-refractivity contribution in [3.63, 3.8) is 0 Å². The van der Waals surface area contributed by atoms with Gasteiger partial charge in [-0.05, 0) is 49.1 Å². The van der Waals surface area contributed by atoms with E-state index in [0.717, 1.165) is 33.7 Å². The minimum absolute atomic E-state index is 0.142. The summed E-state index contributed by atoms with van der Waals surface area (Å²) in [6, 6.07) is 7.97. The van der Waals surface area contributed by atoms with Gasteiger partial charge < -0.3 is 11.1 Å². The summed E-state index contributed by atoms with van der Waals surface area (Å²) in [4.78, 5) is 14.5. The van der Waals surface area contributed by atoms with Gasteiger partial charge in [-0.1, -0.05) is 19.1 Å². The number of hydrogen-bond acceptors (Lipinski definition) is 4. The lowest BCUT2D eigenvalue weighted by atomic mass is 10.1. The molecule has 0 saturated heterocycles. The number of halogens is 1. The first-order valence-corrected chi connectivity index (χ1v) is 10.1. The number of rotatable bonds is 7. The van der Waals surface area contributed by atoms with Crippen molar-refractivity contribution in [1.82, 2.24) is 15.1 Å². The second kappa shape index (κ2) is 8.67. The van der Waals surface area contributed by atoms with E-state index < -0.39 is 0 Å². The fourth-order valence-corrected chi connectivity index (χ4v) is 4.20. The summed E-state index contributed by atoms with van der Waals surface area (Å²) >= 11 is 1.47. The van der Waals surface area contributed by atoms with E-state index in [1.54, 1.807) is 12.1 Å². The highest BCUT2D eigenvalue weighted by molar-refractivity contribution is 7.14. The molecule has 0 unspecified atom stereocenters. The van der Waals surface area contributed by atoms with Crippen LogP contribution in [-0.4, -0.2) is 28.3 Å². The molecule has 28 heavy (non-hydrogen) atoms. The number of benzene rings is 1. The third kappa shape index (κ3) is 4.31. The van der Waals surface area contributed by atoms with Gasteiger partial charge in [0.15, 0.2) is 0 Å². The van der Waals surface area contributed by atoms with Crippen LogP contribution in [0.25, 0.3) is 11.3 Å². The summed E-state index contributed by atoms with van der Waals surface area (Å²) in [5.41, 5.74) is 10.0. The minimum atomic E-state index is -0.278. The number of nitrogens with one attached hydrogen (secondary N) is 1. The molecule has 148 valence electrons. The highest BCUT2D eigenvalue weighted by Gasteiger charge is 2.20. The first kappa shape index (κ1) is 20.2. The Morgan fingerprint density at radius 3 is 2.71 bits per heavy atom. The van der Waals surface area contributed by atoms with Crippen molar-refractivity contribution in [3.8, 4) is 11.3 Å². The Balaban J connectivity index is 1.77. The van der Waals surface area contributed by atoms with E-state index in [9.17, 15) is 9.18 Å². The number of carbonyl (C=O) groups is 1. The molecule has 0 radical (unpaired) electrons. The van der Waals surface area contributed by atoms with E-state index in [1.807, 2.05) is 30.9 Å². The van der Waals surface area contributed by atoms with E-state index in [0.29, 0.717) is 17.8 Å². The molecule has 3 N–H and O–H groups in total. The summed E-state index contributed by atoms with van der Waals surface area (Å²) in [5.74, 6) is -0.419. The van der Waals surface area contributed by atoms with Crippen LogP contribution in [0.3, 0.4) is 0 Å². The van der Waals surface area contributed by atoms with Gasteiger partial charge in [0, 0.05) is 30.1 Å². The quantitative estimate of drug-likeness (QED) is 0.638. The van der Waals surface area contributed by atoms with Crippen LogP contribution in [0.5, 0.6) is 0 Å². The molecule has 0 bridgehead atoms. The Morgan fingerprint density at radius 1 is 1.36 bits per heavy atom. The predicted octanol–water partition coefficient (Wildman–Crippen LogP) is 3.46. The number of hydrogen-bond donors (Lipinski definition) is 2. The number of aromatic nitrogens is 2. The number of aryl methyl sites for hydroxylation is 3. The van der Waals surface area contributed by atoms with Gasteiger partial charge in [-0.3, -0.25) is 9.48 Å². The molecule has 5 nitrogen and oxygen atoms in total. The first-order valence-electron chi connectivity index (χ1n) is 9.30. The molecule has 1 atom stereocenters. The van der Waals surface area contributed by atoms with Crippen LogP contribution in [0.4, 0.5) is 4.39 Å². The van der Waals surface area contributed by atoms with Crippen molar-refractivity contribution in [2.75, 3.05) is 6.54 Å². The van der Waals surface area contributed by atoms with Gasteiger partial charge >= 0.3 is 0 Å². The summed E-state index contributed by atoms with van der Waals surface area (Å²) in [7, 11) is 1.92. The second-order valence-electron chi connectivity index (χ2n) is 6.81. The van der Waals surface area contributed by atoms with Gasteiger partial charge in [-0.2, -0.15) is 5.10 Å². The molecule has 0 fully saturated rings. The van der Waals surface area contributed by atoms with Crippen molar-refractivity contribution in [3.05, 3.63) is 63.2 Å². The lowest BCUT2D eigenvalue weighted by Gasteiger charge is -2.16. The van der Waals surface area contributed by atoms with Crippen LogP contribution in [0, 0.1) is 12.7 Å². The maximum absolute atomic E-state index is 13.1. The highest BCUT2D eigenvalue weighted by atomic mass is 32.1. The van der Waals surface area contributed by atoms with Gasteiger partial charge in [-0.15, -0.1) is 11.3 Å². The van der Waals surface area contributed by atoms with Crippen LogP contribution < -0.4 is 11.1 Å². The molecule has 3 rings (SSSR count). The Kier molecular flexibility index (Phi) is 6.26. The second-order valence-corrected chi connectivity index (χ2v) is 8.07. The Labute approximate surface area is 168 Å². The van der Waals surface area contributed by atoms with Crippen molar-refractivity contribution >= 4 is 17.2 Å². The normalized spacial score (nSPS) is 12.2. The van der Waals surface area contributed by atoms with E-state index in [2.05, 4.69) is 17.3 Å². The van der Waals surface area contributed by atoms with Crippen LogP contribution in [0.15, 0.2) is 36.5 Å². The Bertz CT molecular complexity index is 961. The van der Waals surface area contributed by atoms with Gasteiger partial charge in [0.2, 0.25) is 0 Å². The van der Waals surface area contributed by atoms with Crippen LogP contribution in [0.2, 0.25) is 0 Å². The Hall–Kier alpha value is -2.51. The predicted molar refractivity (Wildman–Crippen MR) is 111 cm³/mol. The zero-order valence-corrected chi connectivity index (χ0v) is 17.1. The molecule has 0 aliphatic carbocycles. The molecular weight excluding hydrogens is 375 g/mol. The number of nitrogens with zero attached hydrogens (tertiary/aromatic N) is 2. The number of carbonyl (C=O) groups excluding carboxylic acids is 1. The zero-order valence-electron chi connectivity index (χ0n) is 16.3. The molecule has 7 heteroatoms. The maximum atomic E-state index is 13.1. The molecule has 0 aliphatic heterocycles. The lowest BCUT2D eigenvalue weighted by Crippen LogP contribution is -2.41. The molecule has 2 heterocycles. The molecule has 2 aromatic heterocycles. The summed E-state index contributed by atoms with van der Waals surface area (Å²) in [6.07, 6.45) is 3.31. The minimum Gasteiger partial charge on any atom is -0.347 e. The average Bonchev–Trinajstić information content (AvgIpc) is 3.24. The van der Waals surface area contributed by atoms with Crippen molar-refractivity contribution in [1.29, 1.82) is 0 Å². The maximum Gasteiger partial charge on any atom is 0.261 e. The van der Waals surface area contributed by atoms with Crippen molar-refractivity contribution < 1.29 is 9.18 Å². The first-order chi connectivity index (χ1) is 13.4. The number of thiophene rings is 1. The van der Waals surface area contributed by atoms with Crippen LogP contribution >= 0.6 is 11.3 Å². The largest absolute Gasteiger partial charge is 0.347 e. The molecule has 0 aliphatic rings. The van der Waals surface area contributed by atoms with Crippen LogP contribution in [0.1, 0.15) is 32.6 Å². The smallest absolute Gasteiger partial charge is 0.261 e. The van der Waals surface area contributed by atoms with Crippen molar-refractivity contribution in [2.45, 2.75) is 32.7 Å². The van der Waals surface area contributed by atoms with Gasteiger partial charge in [-0.25, -0.2) is 4.39 Å². The molecule has 1 amide bonds. The summed E-state index contributed by atoms with van der Waals surface area (Å²) in [6.45, 7) is 4.42. The Morgan fingerprint density at radius 2 is 2.07 bits per heavy atom. The van der Waals surface area contributed by atoms with Crippen molar-refractivity contribution in [2.24, 2.45) is 12.8 Å². The number of nitrogens with two attached hydrogens (primary N) is 1. The third-order valence-corrected chi connectivity index (χ3v) is 5.86. The fraction of sp³-hybridized carbons (Fsp3) is 0.333. The van der Waals surface area contributed by atoms with E-state index in [-0.39, 0.29) is 17.8 Å². The lowest BCUT2D eigenvalue weighted by molar-refractivity contribution is 0.0942. The molecule has 1 aromatic carbocycles. The standard InChI is InChI=1S/C21H25FN4OS/c1-4-15-12-24-26(3)20(15)18-10-19(28-13(18)2)21(27)25-17(11-23)9-14-5-7-16(22)8-6-14/h5-8,10,12,17H,4,9,11,23H2,1-3H3,(H,25,27)/t17-/m0/s1. The van der Waals surface area contributed by atoms with Gasteiger partial charge in [0.25, 0.3) is 5.91 Å². The fourth-order valence-electron chi connectivity index (χ4n) is 3.27. The SMILES string of the molecule is CCc1cnn(C)c1-c1cc(C(=O)N[C@H](CN)Cc2ccc(F)cc2)sc1C. The number of amides is 1. The zero-order chi connectivity index (χ0) is 20.3.